The van der Waals surface area contributed by atoms with Gasteiger partial charge in [0.15, 0.2) is 0 Å². The zero-order chi connectivity index (χ0) is 14.9. The first kappa shape index (κ1) is 13.9. The molecule has 0 radical (unpaired) electrons. The molecule has 1 heterocycles. The molecule has 0 saturated carbocycles. The van der Waals surface area contributed by atoms with Crippen LogP contribution in [0.2, 0.25) is 0 Å². The second kappa shape index (κ2) is 5.40. The molecule has 1 aromatic carbocycles. The maximum Gasteiger partial charge on any atom is 0.237 e. The molecular weight excluding hydrogens is 260 g/mol. The smallest absolute Gasteiger partial charge is 0.237 e. The molecular formula is C18H22N2O. The molecule has 0 bridgehead atoms. The van der Waals surface area contributed by atoms with Crippen LogP contribution in [0, 0.1) is 5.41 Å². The average Bonchev–Trinajstić information content (AvgIpc) is 2.72. The van der Waals surface area contributed by atoms with Gasteiger partial charge in [0.2, 0.25) is 5.88 Å². The van der Waals surface area contributed by atoms with Gasteiger partial charge in [-0.2, -0.15) is 0 Å². The van der Waals surface area contributed by atoms with Crippen molar-refractivity contribution in [3.63, 3.8) is 0 Å². The fourth-order valence-electron chi connectivity index (χ4n) is 3.17. The Balaban J connectivity index is 1.94. The number of rotatable bonds is 4. The van der Waals surface area contributed by atoms with Gasteiger partial charge >= 0.3 is 0 Å². The Morgan fingerprint density at radius 2 is 2.05 bits per heavy atom. The Labute approximate surface area is 126 Å². The first-order chi connectivity index (χ1) is 10.1. The minimum absolute atomic E-state index is 0.170. The molecule has 0 amide bonds. The summed E-state index contributed by atoms with van der Waals surface area (Å²) in [6, 6.07) is 12.9. The lowest BCUT2D eigenvalue weighted by Crippen LogP contribution is -2.24. The number of aromatic nitrogens is 1. The van der Waals surface area contributed by atoms with E-state index in [1.165, 1.54) is 11.1 Å². The molecule has 1 aromatic heterocycles. The molecule has 1 N–H and O–H groups in total. The predicted molar refractivity (Wildman–Crippen MR) is 85.7 cm³/mol. The molecule has 3 heteroatoms. The number of pyridine rings is 1. The lowest BCUT2D eigenvalue weighted by Gasteiger charge is -2.29. The molecule has 0 saturated heterocycles. The van der Waals surface area contributed by atoms with E-state index in [4.69, 9.17) is 4.74 Å². The van der Waals surface area contributed by atoms with Gasteiger partial charge in [0, 0.05) is 6.20 Å². The third-order valence-corrected chi connectivity index (χ3v) is 4.15. The molecule has 1 aliphatic rings. The van der Waals surface area contributed by atoms with Gasteiger partial charge in [0.1, 0.15) is 0 Å². The van der Waals surface area contributed by atoms with Gasteiger partial charge in [-0.25, -0.2) is 4.98 Å². The van der Waals surface area contributed by atoms with E-state index < -0.39 is 0 Å². The molecule has 110 valence electrons. The van der Waals surface area contributed by atoms with Crippen molar-refractivity contribution in [2.45, 2.75) is 33.2 Å². The van der Waals surface area contributed by atoms with E-state index in [0.29, 0.717) is 12.5 Å². The molecule has 1 unspecified atom stereocenters. The second-order valence-electron chi connectivity index (χ2n) is 6.23. The highest BCUT2D eigenvalue weighted by atomic mass is 16.5. The highest BCUT2D eigenvalue weighted by molar-refractivity contribution is 5.55. The summed E-state index contributed by atoms with van der Waals surface area (Å²) in [6.45, 7) is 7.21. The molecule has 0 spiro atoms. The van der Waals surface area contributed by atoms with E-state index in [2.05, 4.69) is 48.4 Å². The lowest BCUT2D eigenvalue weighted by atomic mass is 9.85. The third kappa shape index (κ3) is 2.60. The van der Waals surface area contributed by atoms with E-state index in [0.717, 1.165) is 12.1 Å². The molecule has 3 nitrogen and oxygen atoms in total. The number of hydrogen-bond acceptors (Lipinski definition) is 3. The Morgan fingerprint density at radius 1 is 1.24 bits per heavy atom. The monoisotopic (exact) mass is 282 g/mol. The van der Waals surface area contributed by atoms with Gasteiger partial charge in [-0.1, -0.05) is 38.1 Å². The SMILES string of the molecule is CCOc1ncccc1NC1c2ccccc2CC1(C)C. The van der Waals surface area contributed by atoms with Crippen LogP contribution in [0.15, 0.2) is 42.6 Å². The minimum Gasteiger partial charge on any atom is -0.476 e. The summed E-state index contributed by atoms with van der Waals surface area (Å²) in [6.07, 6.45) is 2.86. The summed E-state index contributed by atoms with van der Waals surface area (Å²) in [5, 5.41) is 3.65. The maximum absolute atomic E-state index is 5.63. The number of anilines is 1. The largest absolute Gasteiger partial charge is 0.476 e. The number of nitrogens with zero attached hydrogens (tertiary/aromatic N) is 1. The molecule has 0 fully saturated rings. The van der Waals surface area contributed by atoms with Gasteiger partial charge in [0.25, 0.3) is 0 Å². The van der Waals surface area contributed by atoms with Gasteiger partial charge in [-0.3, -0.25) is 0 Å². The first-order valence-corrected chi connectivity index (χ1v) is 7.54. The minimum atomic E-state index is 0.170. The molecule has 1 aliphatic carbocycles. The summed E-state index contributed by atoms with van der Waals surface area (Å²) in [4.78, 5) is 4.33. The van der Waals surface area contributed by atoms with E-state index in [9.17, 15) is 0 Å². The van der Waals surface area contributed by atoms with Crippen molar-refractivity contribution in [3.05, 3.63) is 53.7 Å². The van der Waals surface area contributed by atoms with Crippen molar-refractivity contribution in [1.29, 1.82) is 0 Å². The van der Waals surface area contributed by atoms with Crippen molar-refractivity contribution in [2.24, 2.45) is 5.41 Å². The van der Waals surface area contributed by atoms with Gasteiger partial charge in [-0.05, 0) is 42.0 Å². The topological polar surface area (TPSA) is 34.1 Å². The standard InChI is InChI=1S/C18H22N2O/c1-4-21-17-15(10-7-11-19-17)20-16-14-9-6-5-8-13(14)12-18(16,2)3/h5-11,16,20H,4,12H2,1-3H3. The Kier molecular flexibility index (Phi) is 3.58. The quantitative estimate of drug-likeness (QED) is 0.912. The van der Waals surface area contributed by atoms with Crippen LogP contribution in [0.5, 0.6) is 5.88 Å². The summed E-state index contributed by atoms with van der Waals surface area (Å²) in [5.74, 6) is 0.681. The Bertz CT molecular complexity index is 637. The van der Waals surface area contributed by atoms with Crippen LogP contribution >= 0.6 is 0 Å². The molecule has 21 heavy (non-hydrogen) atoms. The van der Waals surface area contributed by atoms with Crippen molar-refractivity contribution >= 4 is 5.69 Å². The fourth-order valence-corrected chi connectivity index (χ4v) is 3.17. The van der Waals surface area contributed by atoms with E-state index in [-0.39, 0.29) is 11.5 Å². The van der Waals surface area contributed by atoms with Crippen LogP contribution in [0.25, 0.3) is 0 Å². The Morgan fingerprint density at radius 3 is 2.86 bits per heavy atom. The van der Waals surface area contributed by atoms with Crippen molar-refractivity contribution in [2.75, 3.05) is 11.9 Å². The van der Waals surface area contributed by atoms with Crippen molar-refractivity contribution < 1.29 is 4.74 Å². The number of fused-ring (bicyclic) bond motifs is 1. The van der Waals surface area contributed by atoms with Crippen LogP contribution in [0.3, 0.4) is 0 Å². The summed E-state index contributed by atoms with van der Waals surface area (Å²) < 4.78 is 5.63. The van der Waals surface area contributed by atoms with Crippen LogP contribution in [0.1, 0.15) is 37.9 Å². The van der Waals surface area contributed by atoms with E-state index in [1.54, 1.807) is 6.20 Å². The van der Waals surface area contributed by atoms with Gasteiger partial charge < -0.3 is 10.1 Å². The molecule has 3 rings (SSSR count). The third-order valence-electron chi connectivity index (χ3n) is 4.15. The second-order valence-corrected chi connectivity index (χ2v) is 6.23. The number of ether oxygens (including phenoxy) is 1. The van der Waals surface area contributed by atoms with Gasteiger partial charge in [0.05, 0.1) is 18.3 Å². The van der Waals surface area contributed by atoms with Crippen molar-refractivity contribution in [3.8, 4) is 5.88 Å². The van der Waals surface area contributed by atoms with Crippen LogP contribution in [-0.2, 0) is 6.42 Å². The molecule has 2 aromatic rings. The number of hydrogen-bond donors (Lipinski definition) is 1. The normalized spacial score (nSPS) is 19.1. The number of nitrogens with one attached hydrogen (secondary N) is 1. The number of benzene rings is 1. The zero-order valence-electron chi connectivity index (χ0n) is 12.9. The molecule has 1 atom stereocenters. The van der Waals surface area contributed by atoms with Crippen LogP contribution in [0.4, 0.5) is 5.69 Å². The highest BCUT2D eigenvalue weighted by Crippen LogP contribution is 2.47. The average molecular weight is 282 g/mol. The highest BCUT2D eigenvalue weighted by Gasteiger charge is 2.39. The fraction of sp³-hybridized carbons (Fsp3) is 0.389. The van der Waals surface area contributed by atoms with Crippen LogP contribution < -0.4 is 10.1 Å². The van der Waals surface area contributed by atoms with Crippen molar-refractivity contribution in [1.82, 2.24) is 4.98 Å². The summed E-state index contributed by atoms with van der Waals surface area (Å²) in [5.41, 5.74) is 3.95. The molecule has 0 aliphatic heterocycles. The Hall–Kier alpha value is -2.03. The maximum atomic E-state index is 5.63. The predicted octanol–water partition coefficient (Wildman–Crippen LogP) is 4.22. The van der Waals surface area contributed by atoms with E-state index in [1.807, 2.05) is 19.1 Å². The summed E-state index contributed by atoms with van der Waals surface area (Å²) in [7, 11) is 0. The van der Waals surface area contributed by atoms with E-state index >= 15 is 0 Å². The lowest BCUT2D eigenvalue weighted by molar-refractivity contribution is 0.320. The zero-order valence-corrected chi connectivity index (χ0v) is 12.9. The summed E-state index contributed by atoms with van der Waals surface area (Å²) >= 11 is 0. The van der Waals surface area contributed by atoms with Gasteiger partial charge in [-0.15, -0.1) is 0 Å². The van der Waals surface area contributed by atoms with Crippen LogP contribution in [-0.4, -0.2) is 11.6 Å². The first-order valence-electron chi connectivity index (χ1n) is 7.54.